The molecule has 154 valence electrons. The molecule has 0 aliphatic heterocycles. The molecule has 0 aliphatic carbocycles. The first-order valence-electron chi connectivity index (χ1n) is 10.4. The van der Waals surface area contributed by atoms with Crippen LogP contribution in [0.3, 0.4) is 0 Å². The summed E-state index contributed by atoms with van der Waals surface area (Å²) in [6.07, 6.45) is 16.4. The zero-order valence-electron chi connectivity index (χ0n) is 18.4. The summed E-state index contributed by atoms with van der Waals surface area (Å²) < 4.78 is 0. The van der Waals surface area contributed by atoms with E-state index in [2.05, 4.69) is 58.9 Å². The highest BCUT2D eigenvalue weighted by atomic mass is 16.3. The highest BCUT2D eigenvalue weighted by Gasteiger charge is 2.04. The summed E-state index contributed by atoms with van der Waals surface area (Å²) in [4.78, 5) is 0. The van der Waals surface area contributed by atoms with Crippen LogP contribution in [0.4, 0.5) is 0 Å². The molecule has 0 aromatic heterocycles. The van der Waals surface area contributed by atoms with Crippen LogP contribution in [0.5, 0.6) is 11.5 Å². The molecule has 1 aromatic rings. The molecule has 0 saturated carbocycles. The highest BCUT2D eigenvalue weighted by Crippen LogP contribution is 2.29. The molecule has 0 fully saturated rings. The van der Waals surface area contributed by atoms with E-state index in [1.807, 2.05) is 6.07 Å². The fraction of sp³-hybridized carbons (Fsp3) is 0.462. The van der Waals surface area contributed by atoms with E-state index in [9.17, 15) is 10.2 Å². The minimum Gasteiger partial charge on any atom is -0.504 e. The molecule has 1 aromatic carbocycles. The second-order valence-corrected chi connectivity index (χ2v) is 8.04. The Labute approximate surface area is 172 Å². The van der Waals surface area contributed by atoms with E-state index in [1.54, 1.807) is 6.07 Å². The third-order valence-corrected chi connectivity index (χ3v) is 4.92. The monoisotopic (exact) mass is 382 g/mol. The largest absolute Gasteiger partial charge is 0.504 e. The summed E-state index contributed by atoms with van der Waals surface area (Å²) in [6, 6.07) is 5.11. The quantitative estimate of drug-likeness (QED) is 0.303. The van der Waals surface area contributed by atoms with Gasteiger partial charge in [-0.3, -0.25) is 0 Å². The number of hydrogen-bond donors (Lipinski definition) is 2. The number of phenols is 2. The van der Waals surface area contributed by atoms with E-state index in [1.165, 1.54) is 28.4 Å². The Morgan fingerprint density at radius 3 is 1.75 bits per heavy atom. The standard InChI is InChI=1S/C26H38O2/c1-20(2)10-6-11-21(3)12-7-13-22(4)14-8-15-23(5)18-19-24-16-9-17-25(27)26(24)28/h9-10,12,14,16-18,27-28H,6-8,11,13,15,19H2,1-5H3. The molecule has 28 heavy (non-hydrogen) atoms. The molecule has 0 atom stereocenters. The lowest BCUT2D eigenvalue weighted by Crippen LogP contribution is -1.86. The van der Waals surface area contributed by atoms with Crippen molar-refractivity contribution in [3.8, 4) is 11.5 Å². The van der Waals surface area contributed by atoms with Gasteiger partial charge < -0.3 is 10.2 Å². The predicted octanol–water partition coefficient (Wildman–Crippen LogP) is 7.79. The molecule has 0 bridgehead atoms. The number of benzene rings is 1. The van der Waals surface area contributed by atoms with E-state index >= 15 is 0 Å². The van der Waals surface area contributed by atoms with Gasteiger partial charge in [0.05, 0.1) is 0 Å². The summed E-state index contributed by atoms with van der Waals surface area (Å²) in [7, 11) is 0. The number of para-hydroxylation sites is 1. The Morgan fingerprint density at radius 2 is 1.21 bits per heavy atom. The topological polar surface area (TPSA) is 40.5 Å². The van der Waals surface area contributed by atoms with E-state index < -0.39 is 0 Å². The van der Waals surface area contributed by atoms with Crippen molar-refractivity contribution < 1.29 is 10.2 Å². The van der Waals surface area contributed by atoms with Crippen LogP contribution in [0.25, 0.3) is 0 Å². The fourth-order valence-corrected chi connectivity index (χ4v) is 3.01. The zero-order valence-corrected chi connectivity index (χ0v) is 18.4. The van der Waals surface area contributed by atoms with Crippen LogP contribution < -0.4 is 0 Å². The average Bonchev–Trinajstić information content (AvgIpc) is 2.62. The maximum absolute atomic E-state index is 9.86. The van der Waals surface area contributed by atoms with Gasteiger partial charge in [-0.05, 0) is 85.6 Å². The molecule has 2 N–H and O–H groups in total. The molecule has 0 radical (unpaired) electrons. The first kappa shape index (κ1) is 23.8. The van der Waals surface area contributed by atoms with Crippen LogP contribution in [-0.2, 0) is 6.42 Å². The van der Waals surface area contributed by atoms with Crippen molar-refractivity contribution in [1.29, 1.82) is 0 Å². The summed E-state index contributed by atoms with van der Waals surface area (Å²) in [5.41, 5.74) is 6.40. The fourth-order valence-electron chi connectivity index (χ4n) is 3.01. The van der Waals surface area contributed by atoms with Gasteiger partial charge in [-0.2, -0.15) is 0 Å². The SMILES string of the molecule is CC(C)=CCCC(C)=CCCC(C)=CCCC(C)=CCc1cccc(O)c1O. The first-order chi connectivity index (χ1) is 13.3. The van der Waals surface area contributed by atoms with Crippen molar-refractivity contribution in [2.75, 3.05) is 0 Å². The number of aromatic hydroxyl groups is 2. The van der Waals surface area contributed by atoms with Gasteiger partial charge >= 0.3 is 0 Å². The predicted molar refractivity (Wildman–Crippen MR) is 122 cm³/mol. The van der Waals surface area contributed by atoms with Crippen LogP contribution in [0.2, 0.25) is 0 Å². The lowest BCUT2D eigenvalue weighted by molar-refractivity contribution is 0.400. The van der Waals surface area contributed by atoms with E-state index in [4.69, 9.17) is 0 Å². The summed E-state index contributed by atoms with van der Waals surface area (Å²) in [6.45, 7) is 10.9. The van der Waals surface area contributed by atoms with Gasteiger partial charge in [-0.15, -0.1) is 0 Å². The molecule has 0 amide bonds. The molecule has 0 spiro atoms. The second kappa shape index (κ2) is 13.0. The minimum absolute atomic E-state index is 0.00788. The van der Waals surface area contributed by atoms with Crippen LogP contribution >= 0.6 is 0 Å². The summed E-state index contributed by atoms with van der Waals surface area (Å²) in [5.74, 6) is -0.0603. The van der Waals surface area contributed by atoms with Gasteiger partial charge in [0.25, 0.3) is 0 Å². The number of phenolic OH excluding ortho intramolecular Hbond substituents is 2. The molecule has 0 unspecified atom stereocenters. The molecular weight excluding hydrogens is 344 g/mol. The number of allylic oxidation sites excluding steroid dienone is 8. The van der Waals surface area contributed by atoms with Crippen molar-refractivity contribution in [3.63, 3.8) is 0 Å². The highest BCUT2D eigenvalue weighted by molar-refractivity contribution is 5.45. The minimum atomic E-state index is -0.0525. The third-order valence-electron chi connectivity index (χ3n) is 4.92. The lowest BCUT2D eigenvalue weighted by atomic mass is 10.0. The Kier molecular flexibility index (Phi) is 11.1. The Balaban J connectivity index is 2.34. The first-order valence-corrected chi connectivity index (χ1v) is 10.4. The molecule has 2 heteroatoms. The molecule has 1 rings (SSSR count). The Morgan fingerprint density at radius 1 is 0.714 bits per heavy atom. The van der Waals surface area contributed by atoms with Gasteiger partial charge in [-0.25, -0.2) is 0 Å². The summed E-state index contributed by atoms with van der Waals surface area (Å²) in [5, 5.41) is 19.4. The second-order valence-electron chi connectivity index (χ2n) is 8.04. The van der Waals surface area contributed by atoms with Crippen molar-refractivity contribution in [2.24, 2.45) is 0 Å². The molecule has 0 heterocycles. The lowest BCUT2D eigenvalue weighted by Gasteiger charge is -2.05. The van der Waals surface area contributed by atoms with Crippen LogP contribution in [-0.4, -0.2) is 10.2 Å². The van der Waals surface area contributed by atoms with Crippen molar-refractivity contribution in [3.05, 3.63) is 70.4 Å². The number of hydrogen-bond acceptors (Lipinski definition) is 2. The van der Waals surface area contributed by atoms with Gasteiger partial charge in [-0.1, -0.05) is 58.7 Å². The zero-order chi connectivity index (χ0) is 20.9. The van der Waals surface area contributed by atoms with Gasteiger partial charge in [0.1, 0.15) is 0 Å². The normalized spacial score (nSPS) is 13.0. The van der Waals surface area contributed by atoms with Crippen molar-refractivity contribution >= 4 is 0 Å². The molecule has 2 nitrogen and oxygen atoms in total. The van der Waals surface area contributed by atoms with Crippen LogP contribution in [0.15, 0.2) is 64.8 Å². The smallest absolute Gasteiger partial charge is 0.160 e. The van der Waals surface area contributed by atoms with Gasteiger partial charge in [0.15, 0.2) is 11.5 Å². The molecule has 0 aliphatic rings. The average molecular weight is 383 g/mol. The Hall–Kier alpha value is -2.22. The van der Waals surface area contributed by atoms with Gasteiger partial charge in [0, 0.05) is 5.56 Å². The number of rotatable bonds is 11. The maximum Gasteiger partial charge on any atom is 0.160 e. The molecular formula is C26H38O2. The van der Waals surface area contributed by atoms with Crippen molar-refractivity contribution in [1.82, 2.24) is 0 Å². The van der Waals surface area contributed by atoms with Gasteiger partial charge in [0.2, 0.25) is 0 Å². The van der Waals surface area contributed by atoms with E-state index in [0.717, 1.165) is 44.1 Å². The summed E-state index contributed by atoms with van der Waals surface area (Å²) >= 11 is 0. The van der Waals surface area contributed by atoms with Crippen LogP contribution in [0, 0.1) is 0 Å². The maximum atomic E-state index is 9.86. The Bertz CT molecular complexity index is 729. The third kappa shape index (κ3) is 10.2. The van der Waals surface area contributed by atoms with E-state index in [0.29, 0.717) is 6.42 Å². The van der Waals surface area contributed by atoms with Crippen LogP contribution in [0.1, 0.15) is 78.7 Å². The molecule has 0 saturated heterocycles. The van der Waals surface area contributed by atoms with Crippen molar-refractivity contribution in [2.45, 2.75) is 79.6 Å². The van der Waals surface area contributed by atoms with E-state index in [-0.39, 0.29) is 11.5 Å².